The maximum atomic E-state index is 5.72. The van der Waals surface area contributed by atoms with Gasteiger partial charge in [-0.25, -0.2) is 0 Å². The van der Waals surface area contributed by atoms with E-state index in [0.29, 0.717) is 12.5 Å². The Kier molecular flexibility index (Phi) is 5.03. The van der Waals surface area contributed by atoms with Crippen molar-refractivity contribution in [1.82, 2.24) is 0 Å². The standard InChI is InChI=1S/C19H26N2/c1-14-9-15(2)11-19(10-14)21(4)13-17-5-7-18(8-6-17)16(3)12-20/h5-11,16H,12-13,20H2,1-4H3. The van der Waals surface area contributed by atoms with Crippen molar-refractivity contribution < 1.29 is 0 Å². The van der Waals surface area contributed by atoms with Gasteiger partial charge in [0.2, 0.25) is 0 Å². The molecule has 2 aromatic rings. The quantitative estimate of drug-likeness (QED) is 0.898. The molecule has 0 aliphatic heterocycles. The second-order valence-electron chi connectivity index (χ2n) is 6.08. The lowest BCUT2D eigenvalue weighted by atomic mass is 10.00. The molecule has 0 amide bonds. The monoisotopic (exact) mass is 282 g/mol. The van der Waals surface area contributed by atoms with Gasteiger partial charge in [0, 0.05) is 19.3 Å². The third kappa shape index (κ3) is 4.08. The lowest BCUT2D eigenvalue weighted by Gasteiger charge is -2.21. The fourth-order valence-corrected chi connectivity index (χ4v) is 2.62. The Morgan fingerprint density at radius 1 is 1.00 bits per heavy atom. The first kappa shape index (κ1) is 15.6. The number of anilines is 1. The van der Waals surface area contributed by atoms with E-state index in [2.05, 4.69) is 75.2 Å². The minimum absolute atomic E-state index is 0.427. The Balaban J connectivity index is 2.10. The average molecular weight is 282 g/mol. The first-order valence-electron chi connectivity index (χ1n) is 7.58. The van der Waals surface area contributed by atoms with Crippen LogP contribution in [0.1, 0.15) is 35.1 Å². The molecule has 112 valence electrons. The molecule has 1 atom stereocenters. The van der Waals surface area contributed by atoms with Gasteiger partial charge in [-0.2, -0.15) is 0 Å². The largest absolute Gasteiger partial charge is 0.370 e. The van der Waals surface area contributed by atoms with Gasteiger partial charge in [0.15, 0.2) is 0 Å². The first-order chi connectivity index (χ1) is 9.99. The minimum atomic E-state index is 0.427. The van der Waals surface area contributed by atoms with Gasteiger partial charge in [0.05, 0.1) is 0 Å². The number of benzene rings is 2. The van der Waals surface area contributed by atoms with Crippen LogP contribution in [0, 0.1) is 13.8 Å². The van der Waals surface area contributed by atoms with E-state index in [1.165, 1.54) is 27.9 Å². The van der Waals surface area contributed by atoms with Gasteiger partial charge in [-0.3, -0.25) is 0 Å². The van der Waals surface area contributed by atoms with Crippen molar-refractivity contribution in [2.45, 2.75) is 33.2 Å². The van der Waals surface area contributed by atoms with Crippen LogP contribution in [-0.4, -0.2) is 13.6 Å². The van der Waals surface area contributed by atoms with E-state index in [0.717, 1.165) is 6.54 Å². The smallest absolute Gasteiger partial charge is 0.0426 e. The van der Waals surface area contributed by atoms with Crippen molar-refractivity contribution in [3.8, 4) is 0 Å². The number of hydrogen-bond acceptors (Lipinski definition) is 2. The molecule has 0 saturated carbocycles. The Bertz CT molecular complexity index is 567. The summed E-state index contributed by atoms with van der Waals surface area (Å²) in [6.07, 6.45) is 0. The molecular weight excluding hydrogens is 256 g/mol. The van der Waals surface area contributed by atoms with Gasteiger partial charge in [-0.15, -0.1) is 0 Å². The fraction of sp³-hybridized carbons (Fsp3) is 0.368. The predicted octanol–water partition coefficient (Wildman–Crippen LogP) is 4.00. The van der Waals surface area contributed by atoms with Gasteiger partial charge < -0.3 is 10.6 Å². The topological polar surface area (TPSA) is 29.3 Å². The highest BCUT2D eigenvalue weighted by molar-refractivity contribution is 5.50. The molecule has 21 heavy (non-hydrogen) atoms. The summed E-state index contributed by atoms with van der Waals surface area (Å²) in [5.41, 5.74) is 12.2. The van der Waals surface area contributed by atoms with Gasteiger partial charge in [0.25, 0.3) is 0 Å². The molecule has 0 saturated heterocycles. The van der Waals surface area contributed by atoms with Crippen LogP contribution in [0.3, 0.4) is 0 Å². The molecule has 0 aliphatic carbocycles. The van der Waals surface area contributed by atoms with E-state index >= 15 is 0 Å². The van der Waals surface area contributed by atoms with Gasteiger partial charge in [-0.05, 0) is 60.7 Å². The van der Waals surface area contributed by atoms with E-state index in [1.54, 1.807) is 0 Å². The average Bonchev–Trinajstić information content (AvgIpc) is 2.46. The van der Waals surface area contributed by atoms with E-state index in [9.17, 15) is 0 Å². The van der Waals surface area contributed by atoms with Crippen molar-refractivity contribution >= 4 is 5.69 Å². The Morgan fingerprint density at radius 3 is 2.10 bits per heavy atom. The first-order valence-corrected chi connectivity index (χ1v) is 7.58. The number of nitrogens with two attached hydrogens (primary N) is 1. The van der Waals surface area contributed by atoms with Gasteiger partial charge >= 0.3 is 0 Å². The lowest BCUT2D eigenvalue weighted by molar-refractivity contribution is 0.773. The third-order valence-corrected chi connectivity index (χ3v) is 3.97. The molecule has 0 radical (unpaired) electrons. The summed E-state index contributed by atoms with van der Waals surface area (Å²) in [4.78, 5) is 2.29. The molecule has 2 aromatic carbocycles. The summed E-state index contributed by atoms with van der Waals surface area (Å²) >= 11 is 0. The molecule has 0 aliphatic rings. The van der Waals surface area contributed by atoms with E-state index in [-0.39, 0.29) is 0 Å². The lowest BCUT2D eigenvalue weighted by Crippen LogP contribution is -2.16. The van der Waals surface area contributed by atoms with Crippen LogP contribution in [0.4, 0.5) is 5.69 Å². The number of nitrogens with zero attached hydrogens (tertiary/aromatic N) is 1. The number of rotatable bonds is 5. The summed E-state index contributed by atoms with van der Waals surface area (Å²) in [7, 11) is 2.14. The Hall–Kier alpha value is -1.80. The number of hydrogen-bond donors (Lipinski definition) is 1. The van der Waals surface area contributed by atoms with Crippen molar-refractivity contribution in [2.24, 2.45) is 5.73 Å². The maximum absolute atomic E-state index is 5.72. The zero-order valence-electron chi connectivity index (χ0n) is 13.6. The SMILES string of the molecule is Cc1cc(C)cc(N(C)Cc2ccc(C(C)CN)cc2)c1. The summed E-state index contributed by atoms with van der Waals surface area (Å²) in [5.74, 6) is 0.427. The predicted molar refractivity (Wildman–Crippen MR) is 91.9 cm³/mol. The van der Waals surface area contributed by atoms with E-state index in [1.807, 2.05) is 0 Å². The van der Waals surface area contributed by atoms with Crippen molar-refractivity contribution in [2.75, 3.05) is 18.5 Å². The Morgan fingerprint density at radius 2 is 1.57 bits per heavy atom. The van der Waals surface area contributed by atoms with Crippen molar-refractivity contribution in [3.63, 3.8) is 0 Å². The summed E-state index contributed by atoms with van der Waals surface area (Å²) < 4.78 is 0. The van der Waals surface area contributed by atoms with E-state index in [4.69, 9.17) is 5.73 Å². The molecular formula is C19H26N2. The highest BCUT2D eigenvalue weighted by atomic mass is 15.1. The second kappa shape index (κ2) is 6.77. The van der Waals surface area contributed by atoms with Crippen LogP contribution in [0.2, 0.25) is 0 Å². The van der Waals surface area contributed by atoms with Crippen molar-refractivity contribution in [3.05, 3.63) is 64.7 Å². The van der Waals surface area contributed by atoms with Gasteiger partial charge in [-0.1, -0.05) is 37.3 Å². The molecule has 0 bridgehead atoms. The highest BCUT2D eigenvalue weighted by Gasteiger charge is 2.06. The molecule has 2 nitrogen and oxygen atoms in total. The molecule has 0 aromatic heterocycles. The molecule has 0 fully saturated rings. The van der Waals surface area contributed by atoms with Crippen LogP contribution in [-0.2, 0) is 6.54 Å². The zero-order chi connectivity index (χ0) is 15.4. The minimum Gasteiger partial charge on any atom is -0.370 e. The fourth-order valence-electron chi connectivity index (χ4n) is 2.62. The van der Waals surface area contributed by atoms with E-state index < -0.39 is 0 Å². The maximum Gasteiger partial charge on any atom is 0.0426 e. The molecule has 0 heterocycles. The van der Waals surface area contributed by atoms with Crippen LogP contribution in [0.25, 0.3) is 0 Å². The molecule has 2 N–H and O–H groups in total. The molecule has 1 unspecified atom stereocenters. The summed E-state index contributed by atoms with van der Waals surface area (Å²) in [6.45, 7) is 8.07. The van der Waals surface area contributed by atoms with Crippen molar-refractivity contribution in [1.29, 1.82) is 0 Å². The molecule has 2 heteroatoms. The normalized spacial score (nSPS) is 12.2. The third-order valence-electron chi connectivity index (χ3n) is 3.97. The number of aryl methyl sites for hydroxylation is 2. The van der Waals surface area contributed by atoms with Crippen LogP contribution >= 0.6 is 0 Å². The van der Waals surface area contributed by atoms with Gasteiger partial charge in [0.1, 0.15) is 0 Å². The summed E-state index contributed by atoms with van der Waals surface area (Å²) in [6, 6.07) is 15.5. The molecule has 2 rings (SSSR count). The second-order valence-corrected chi connectivity index (χ2v) is 6.08. The van der Waals surface area contributed by atoms with Crippen LogP contribution < -0.4 is 10.6 Å². The van der Waals surface area contributed by atoms with Crippen LogP contribution in [0.15, 0.2) is 42.5 Å². The highest BCUT2D eigenvalue weighted by Crippen LogP contribution is 2.20. The zero-order valence-corrected chi connectivity index (χ0v) is 13.6. The molecule has 0 spiro atoms. The van der Waals surface area contributed by atoms with Crippen LogP contribution in [0.5, 0.6) is 0 Å². The Labute approximate surface area is 128 Å². The summed E-state index contributed by atoms with van der Waals surface area (Å²) in [5, 5.41) is 0.